The molecule has 0 bridgehead atoms. The van der Waals surface area contributed by atoms with E-state index < -0.39 is 12.0 Å². The monoisotopic (exact) mass is 259 g/mol. The van der Waals surface area contributed by atoms with Gasteiger partial charge in [0.1, 0.15) is 11.8 Å². The van der Waals surface area contributed by atoms with E-state index in [9.17, 15) is 9.90 Å². The van der Waals surface area contributed by atoms with Gasteiger partial charge < -0.3 is 9.52 Å². The van der Waals surface area contributed by atoms with Gasteiger partial charge in [-0.3, -0.25) is 9.69 Å². The highest BCUT2D eigenvalue weighted by atomic mass is 16.4. The number of aryl methyl sites for hydroxylation is 1. The van der Waals surface area contributed by atoms with Crippen molar-refractivity contribution in [2.75, 3.05) is 7.05 Å². The summed E-state index contributed by atoms with van der Waals surface area (Å²) in [5.74, 6) is -0.0288. The maximum Gasteiger partial charge on any atom is 0.325 e. The molecule has 0 fully saturated rings. The van der Waals surface area contributed by atoms with Gasteiger partial charge >= 0.3 is 5.97 Å². The molecule has 19 heavy (non-hydrogen) atoms. The quantitative estimate of drug-likeness (QED) is 0.897. The van der Waals surface area contributed by atoms with E-state index in [0.29, 0.717) is 6.54 Å². The molecule has 0 radical (unpaired) electrons. The summed E-state index contributed by atoms with van der Waals surface area (Å²) in [6.07, 6.45) is 1.62. The van der Waals surface area contributed by atoms with E-state index in [1.54, 1.807) is 18.2 Å². The first-order valence-corrected chi connectivity index (χ1v) is 6.10. The van der Waals surface area contributed by atoms with Crippen molar-refractivity contribution in [3.8, 4) is 0 Å². The first-order valence-electron chi connectivity index (χ1n) is 6.10. The van der Waals surface area contributed by atoms with Crippen molar-refractivity contribution in [1.29, 1.82) is 0 Å². The minimum atomic E-state index is -0.852. The molecule has 0 aliphatic rings. The van der Waals surface area contributed by atoms with E-state index >= 15 is 0 Å². The van der Waals surface area contributed by atoms with Crippen LogP contribution in [0.15, 0.2) is 47.1 Å². The van der Waals surface area contributed by atoms with Crippen LogP contribution in [0.1, 0.15) is 22.9 Å². The lowest BCUT2D eigenvalue weighted by molar-refractivity contribution is -0.143. The molecule has 4 heteroatoms. The molecule has 1 aromatic heterocycles. The fourth-order valence-electron chi connectivity index (χ4n) is 2.16. The van der Waals surface area contributed by atoms with Gasteiger partial charge in [-0.15, -0.1) is 0 Å². The van der Waals surface area contributed by atoms with Gasteiger partial charge in [-0.05, 0) is 25.6 Å². The highest BCUT2D eigenvalue weighted by molar-refractivity contribution is 5.75. The Hall–Kier alpha value is -2.07. The van der Waals surface area contributed by atoms with Crippen molar-refractivity contribution < 1.29 is 14.3 Å². The van der Waals surface area contributed by atoms with Crippen LogP contribution in [0, 0.1) is 6.92 Å². The van der Waals surface area contributed by atoms with E-state index in [4.69, 9.17) is 4.42 Å². The largest absolute Gasteiger partial charge is 0.480 e. The minimum absolute atomic E-state index is 0.536. The Bertz CT molecular complexity index is 548. The molecule has 100 valence electrons. The molecular formula is C15H17NO3. The Labute approximate surface area is 112 Å². The van der Waals surface area contributed by atoms with E-state index in [-0.39, 0.29) is 0 Å². The average Bonchev–Trinajstić information content (AvgIpc) is 2.76. The lowest BCUT2D eigenvalue weighted by atomic mass is 10.1. The lowest BCUT2D eigenvalue weighted by Crippen LogP contribution is -2.30. The van der Waals surface area contributed by atoms with Gasteiger partial charge in [0, 0.05) is 12.1 Å². The minimum Gasteiger partial charge on any atom is -0.480 e. The van der Waals surface area contributed by atoms with Crippen LogP contribution in [0.3, 0.4) is 0 Å². The third-order valence-corrected chi connectivity index (χ3v) is 3.18. The number of furan rings is 1. The zero-order chi connectivity index (χ0) is 13.8. The van der Waals surface area contributed by atoms with Crippen molar-refractivity contribution in [2.24, 2.45) is 0 Å². The van der Waals surface area contributed by atoms with Crippen LogP contribution >= 0.6 is 0 Å². The van der Waals surface area contributed by atoms with Crippen molar-refractivity contribution in [2.45, 2.75) is 19.5 Å². The van der Waals surface area contributed by atoms with Gasteiger partial charge in [0.15, 0.2) is 0 Å². The molecule has 1 unspecified atom stereocenters. The molecule has 4 nitrogen and oxygen atoms in total. The standard InChI is InChI=1S/C15H17NO3/c1-11-13(8-9-19-11)10-16(2)14(15(17)18)12-6-4-3-5-7-12/h3-9,14H,10H2,1-2H3,(H,17,18). The topological polar surface area (TPSA) is 53.7 Å². The number of carboxylic acid groups (broad SMARTS) is 1. The lowest BCUT2D eigenvalue weighted by Gasteiger charge is -2.24. The Kier molecular flexibility index (Phi) is 4.02. The second-order valence-electron chi connectivity index (χ2n) is 4.57. The average molecular weight is 259 g/mol. The highest BCUT2D eigenvalue weighted by Gasteiger charge is 2.25. The van der Waals surface area contributed by atoms with Gasteiger partial charge in [-0.25, -0.2) is 0 Å². The molecule has 0 saturated heterocycles. The number of carbonyl (C=O) groups is 1. The van der Waals surface area contributed by atoms with E-state index in [0.717, 1.165) is 16.9 Å². The number of nitrogens with zero attached hydrogens (tertiary/aromatic N) is 1. The number of likely N-dealkylation sites (N-methyl/N-ethyl adjacent to an activating group) is 1. The third kappa shape index (κ3) is 3.03. The molecular weight excluding hydrogens is 242 g/mol. The van der Waals surface area contributed by atoms with Crippen LogP contribution in [0.2, 0.25) is 0 Å². The maximum atomic E-state index is 11.5. The van der Waals surface area contributed by atoms with Crippen LogP contribution in [-0.2, 0) is 11.3 Å². The predicted octanol–water partition coefficient (Wildman–Crippen LogP) is 2.85. The molecule has 0 saturated carbocycles. The van der Waals surface area contributed by atoms with Crippen LogP contribution < -0.4 is 0 Å². The van der Waals surface area contributed by atoms with Crippen molar-refractivity contribution >= 4 is 5.97 Å². The van der Waals surface area contributed by atoms with Gasteiger partial charge in [0.05, 0.1) is 6.26 Å². The van der Waals surface area contributed by atoms with Gasteiger partial charge in [-0.1, -0.05) is 30.3 Å². The van der Waals surface area contributed by atoms with Crippen LogP contribution in [-0.4, -0.2) is 23.0 Å². The van der Waals surface area contributed by atoms with Gasteiger partial charge in [0.25, 0.3) is 0 Å². The molecule has 1 heterocycles. The molecule has 0 spiro atoms. The normalized spacial score (nSPS) is 12.6. The number of hydrogen-bond acceptors (Lipinski definition) is 3. The second kappa shape index (κ2) is 5.71. The molecule has 2 aromatic rings. The Morgan fingerprint density at radius 2 is 2.00 bits per heavy atom. The predicted molar refractivity (Wildman–Crippen MR) is 71.7 cm³/mol. The first kappa shape index (κ1) is 13.4. The van der Waals surface area contributed by atoms with Gasteiger partial charge in [0.2, 0.25) is 0 Å². The smallest absolute Gasteiger partial charge is 0.325 e. The SMILES string of the molecule is Cc1occc1CN(C)C(C(=O)O)c1ccccc1. The summed E-state index contributed by atoms with van der Waals surface area (Å²) in [6, 6.07) is 10.5. The van der Waals surface area contributed by atoms with E-state index in [1.165, 1.54) is 0 Å². The zero-order valence-electron chi connectivity index (χ0n) is 11.0. The Morgan fingerprint density at radius 3 is 2.53 bits per heavy atom. The van der Waals surface area contributed by atoms with Crippen molar-refractivity contribution in [3.05, 3.63) is 59.5 Å². The van der Waals surface area contributed by atoms with Crippen molar-refractivity contribution in [1.82, 2.24) is 4.90 Å². The summed E-state index contributed by atoms with van der Waals surface area (Å²) in [4.78, 5) is 13.3. The summed E-state index contributed by atoms with van der Waals surface area (Å²) in [5, 5.41) is 9.43. The fourth-order valence-corrected chi connectivity index (χ4v) is 2.16. The summed E-state index contributed by atoms with van der Waals surface area (Å²) in [7, 11) is 1.80. The highest BCUT2D eigenvalue weighted by Crippen LogP contribution is 2.22. The molecule has 1 atom stereocenters. The first-order chi connectivity index (χ1) is 9.09. The maximum absolute atomic E-state index is 11.5. The number of hydrogen-bond donors (Lipinski definition) is 1. The number of benzene rings is 1. The number of aliphatic carboxylic acids is 1. The molecule has 0 amide bonds. The van der Waals surface area contributed by atoms with Crippen LogP contribution in [0.4, 0.5) is 0 Å². The summed E-state index contributed by atoms with van der Waals surface area (Å²) < 4.78 is 5.24. The molecule has 1 aromatic carbocycles. The summed E-state index contributed by atoms with van der Waals surface area (Å²) >= 11 is 0. The van der Waals surface area contributed by atoms with Crippen molar-refractivity contribution in [3.63, 3.8) is 0 Å². The Balaban J connectivity index is 2.21. The molecule has 0 aliphatic carbocycles. The molecule has 0 aliphatic heterocycles. The van der Waals surface area contributed by atoms with E-state index in [1.807, 2.05) is 43.3 Å². The second-order valence-corrected chi connectivity index (χ2v) is 4.57. The van der Waals surface area contributed by atoms with Crippen LogP contribution in [0.5, 0.6) is 0 Å². The van der Waals surface area contributed by atoms with Crippen LogP contribution in [0.25, 0.3) is 0 Å². The molecule has 1 N–H and O–H groups in total. The number of rotatable bonds is 5. The number of carboxylic acids is 1. The summed E-state index contributed by atoms with van der Waals surface area (Å²) in [6.45, 7) is 2.41. The zero-order valence-corrected chi connectivity index (χ0v) is 11.0. The third-order valence-electron chi connectivity index (χ3n) is 3.18. The molecule has 2 rings (SSSR count). The Morgan fingerprint density at radius 1 is 1.32 bits per heavy atom. The van der Waals surface area contributed by atoms with E-state index in [2.05, 4.69) is 0 Å². The fraction of sp³-hybridized carbons (Fsp3) is 0.267. The summed E-state index contributed by atoms with van der Waals surface area (Å²) in [5.41, 5.74) is 1.78. The van der Waals surface area contributed by atoms with Gasteiger partial charge in [-0.2, -0.15) is 0 Å².